The molecule has 1 aromatic carbocycles. The van der Waals surface area contributed by atoms with Crippen LogP contribution in [0.5, 0.6) is 0 Å². The fourth-order valence-electron chi connectivity index (χ4n) is 5.06. The molecule has 1 aliphatic carbocycles. The van der Waals surface area contributed by atoms with Gasteiger partial charge in [0.25, 0.3) is 0 Å². The summed E-state index contributed by atoms with van der Waals surface area (Å²) < 4.78 is 1.27. The van der Waals surface area contributed by atoms with Crippen molar-refractivity contribution in [3.8, 4) is 0 Å². The van der Waals surface area contributed by atoms with Crippen LogP contribution in [0, 0.1) is 25.7 Å². The van der Waals surface area contributed by atoms with Gasteiger partial charge in [-0.15, -0.1) is 0 Å². The number of aryl methyl sites for hydroxylation is 2. The Morgan fingerprint density at radius 2 is 1.83 bits per heavy atom. The largest absolute Gasteiger partial charge is 0.345 e. The lowest BCUT2D eigenvalue weighted by molar-refractivity contribution is -0.137. The summed E-state index contributed by atoms with van der Waals surface area (Å²) >= 11 is 1.79. The third kappa shape index (κ3) is 4.60. The molecule has 2 heterocycles. The Kier molecular flexibility index (Phi) is 6.43. The summed E-state index contributed by atoms with van der Waals surface area (Å²) in [5.74, 6) is 1.55. The van der Waals surface area contributed by atoms with Crippen LogP contribution in [0.25, 0.3) is 10.2 Å². The van der Waals surface area contributed by atoms with E-state index in [1.807, 2.05) is 0 Å². The minimum Gasteiger partial charge on any atom is -0.345 e. The second kappa shape index (κ2) is 9.03. The first-order valence-electron chi connectivity index (χ1n) is 11.5. The Labute approximate surface area is 179 Å². The molecule has 4 nitrogen and oxygen atoms in total. The Balaban J connectivity index is 1.31. The van der Waals surface area contributed by atoms with E-state index in [0.29, 0.717) is 5.91 Å². The number of benzene rings is 1. The van der Waals surface area contributed by atoms with Crippen LogP contribution in [0.3, 0.4) is 0 Å². The van der Waals surface area contributed by atoms with Crippen molar-refractivity contribution < 1.29 is 4.79 Å². The van der Waals surface area contributed by atoms with Gasteiger partial charge in [-0.2, -0.15) is 0 Å². The number of nitrogens with zero attached hydrogens (tertiary/aromatic N) is 3. The molecule has 1 aromatic heterocycles. The molecule has 4 rings (SSSR count). The number of unbranched alkanes of at least 4 members (excludes halogenated alkanes) is 1. The summed E-state index contributed by atoms with van der Waals surface area (Å²) in [7, 11) is 0. The lowest BCUT2D eigenvalue weighted by atomic mass is 9.79. The zero-order valence-corrected chi connectivity index (χ0v) is 19.1. The number of rotatable bonds is 5. The zero-order valence-electron chi connectivity index (χ0n) is 18.2. The quantitative estimate of drug-likeness (QED) is 0.644. The molecule has 5 heteroatoms. The number of anilines is 1. The summed E-state index contributed by atoms with van der Waals surface area (Å²) in [5, 5.41) is 1.11. The van der Waals surface area contributed by atoms with Crippen LogP contribution in [0.4, 0.5) is 5.13 Å². The van der Waals surface area contributed by atoms with Crippen molar-refractivity contribution in [1.82, 2.24) is 9.88 Å². The molecular weight excluding hydrogens is 378 g/mol. The molecule has 158 valence electrons. The number of thiazole rings is 1. The number of piperazine rings is 1. The molecule has 0 unspecified atom stereocenters. The second-order valence-electron chi connectivity index (χ2n) is 9.10. The Morgan fingerprint density at radius 1 is 1.10 bits per heavy atom. The van der Waals surface area contributed by atoms with Gasteiger partial charge in [-0.25, -0.2) is 4.98 Å². The molecule has 0 atom stereocenters. The van der Waals surface area contributed by atoms with Crippen molar-refractivity contribution in [2.24, 2.45) is 11.8 Å². The molecule has 0 spiro atoms. The fourth-order valence-corrected chi connectivity index (χ4v) is 6.25. The smallest absolute Gasteiger partial charge is 0.225 e. The van der Waals surface area contributed by atoms with Crippen molar-refractivity contribution in [1.29, 1.82) is 0 Å². The summed E-state index contributed by atoms with van der Waals surface area (Å²) in [5.41, 5.74) is 3.69. The van der Waals surface area contributed by atoms with Crippen LogP contribution in [0.2, 0.25) is 0 Å². The monoisotopic (exact) mass is 413 g/mol. The molecule has 0 radical (unpaired) electrons. The normalized spacial score (nSPS) is 23.0. The first-order chi connectivity index (χ1) is 14.0. The maximum Gasteiger partial charge on any atom is 0.225 e. The highest BCUT2D eigenvalue weighted by Gasteiger charge is 2.31. The summed E-state index contributed by atoms with van der Waals surface area (Å²) in [6.45, 7) is 10.0. The SMILES string of the molecule is CCCCC1CCC(C(=O)N2CCN(c3nc4c(C)cc(C)cc4s3)CC2)CC1. The molecular formula is C24H35N3OS. The van der Waals surface area contributed by atoms with Gasteiger partial charge in [-0.3, -0.25) is 4.79 Å². The average Bonchev–Trinajstić information content (AvgIpc) is 3.17. The molecule has 1 saturated heterocycles. The predicted molar refractivity (Wildman–Crippen MR) is 123 cm³/mol. The number of fused-ring (bicyclic) bond motifs is 1. The van der Waals surface area contributed by atoms with Crippen molar-refractivity contribution in [3.63, 3.8) is 0 Å². The summed E-state index contributed by atoms with van der Waals surface area (Å²) in [4.78, 5) is 22.4. The predicted octanol–water partition coefficient (Wildman–Crippen LogP) is 5.56. The number of hydrogen-bond donors (Lipinski definition) is 0. The first-order valence-corrected chi connectivity index (χ1v) is 12.3. The number of carbonyl (C=O) groups is 1. The minimum absolute atomic E-state index is 0.271. The molecule has 1 aliphatic heterocycles. The van der Waals surface area contributed by atoms with E-state index in [-0.39, 0.29) is 5.92 Å². The van der Waals surface area contributed by atoms with Crippen LogP contribution < -0.4 is 4.90 Å². The first kappa shape index (κ1) is 20.6. The highest BCUT2D eigenvalue weighted by molar-refractivity contribution is 7.22. The molecule has 1 saturated carbocycles. The Hall–Kier alpha value is -1.62. The van der Waals surface area contributed by atoms with Gasteiger partial charge in [0.05, 0.1) is 10.2 Å². The average molecular weight is 414 g/mol. The maximum atomic E-state index is 13.0. The highest BCUT2D eigenvalue weighted by atomic mass is 32.1. The van der Waals surface area contributed by atoms with Crippen molar-refractivity contribution in [2.45, 2.75) is 65.7 Å². The van der Waals surface area contributed by atoms with E-state index >= 15 is 0 Å². The van der Waals surface area contributed by atoms with E-state index in [4.69, 9.17) is 4.98 Å². The van der Waals surface area contributed by atoms with Crippen molar-refractivity contribution in [3.05, 3.63) is 23.3 Å². The van der Waals surface area contributed by atoms with Crippen molar-refractivity contribution >= 4 is 32.6 Å². The molecule has 0 N–H and O–H groups in total. The third-order valence-electron chi connectivity index (χ3n) is 6.84. The highest BCUT2D eigenvalue weighted by Crippen LogP contribution is 2.34. The van der Waals surface area contributed by atoms with E-state index in [1.165, 1.54) is 47.9 Å². The number of carbonyl (C=O) groups excluding carboxylic acids is 1. The van der Waals surface area contributed by atoms with Gasteiger partial charge in [-0.05, 0) is 62.6 Å². The Bertz CT molecular complexity index is 845. The Morgan fingerprint density at radius 3 is 2.52 bits per heavy atom. The van der Waals surface area contributed by atoms with Gasteiger partial charge in [0.1, 0.15) is 0 Å². The van der Waals surface area contributed by atoms with Crippen LogP contribution in [-0.2, 0) is 4.79 Å². The molecule has 0 bridgehead atoms. The molecule has 2 aromatic rings. The number of aromatic nitrogens is 1. The van der Waals surface area contributed by atoms with Crippen LogP contribution in [0.1, 0.15) is 63.0 Å². The fraction of sp³-hybridized carbons (Fsp3) is 0.667. The molecule has 2 aliphatic rings. The zero-order chi connectivity index (χ0) is 20.4. The standard InChI is InChI=1S/C24H35N3OS/c1-4-5-6-19-7-9-20(10-8-19)23(28)26-11-13-27(14-12-26)24-25-22-18(3)15-17(2)16-21(22)29-24/h15-16,19-20H,4-14H2,1-3H3. The minimum atomic E-state index is 0.271. The van der Waals surface area contributed by atoms with Crippen LogP contribution in [0.15, 0.2) is 12.1 Å². The molecule has 2 fully saturated rings. The van der Waals surface area contributed by atoms with Crippen LogP contribution >= 0.6 is 11.3 Å². The summed E-state index contributed by atoms with van der Waals surface area (Å²) in [6.07, 6.45) is 8.69. The lowest BCUT2D eigenvalue weighted by Crippen LogP contribution is -2.50. The van der Waals surface area contributed by atoms with Gasteiger partial charge in [0.2, 0.25) is 5.91 Å². The third-order valence-corrected chi connectivity index (χ3v) is 7.91. The van der Waals surface area contributed by atoms with Gasteiger partial charge >= 0.3 is 0 Å². The lowest BCUT2D eigenvalue weighted by Gasteiger charge is -2.37. The molecule has 29 heavy (non-hydrogen) atoms. The van der Waals surface area contributed by atoms with Gasteiger partial charge < -0.3 is 9.80 Å². The van der Waals surface area contributed by atoms with E-state index in [1.54, 1.807) is 11.3 Å². The van der Waals surface area contributed by atoms with Gasteiger partial charge in [-0.1, -0.05) is 43.6 Å². The van der Waals surface area contributed by atoms with E-state index in [9.17, 15) is 4.79 Å². The number of hydrogen-bond acceptors (Lipinski definition) is 4. The van der Waals surface area contributed by atoms with E-state index in [0.717, 1.165) is 55.6 Å². The number of amides is 1. The molecule has 1 amide bonds. The maximum absolute atomic E-state index is 13.0. The van der Waals surface area contributed by atoms with Crippen molar-refractivity contribution in [2.75, 3.05) is 31.1 Å². The second-order valence-corrected chi connectivity index (χ2v) is 10.1. The summed E-state index contributed by atoms with van der Waals surface area (Å²) in [6, 6.07) is 4.44. The van der Waals surface area contributed by atoms with Crippen LogP contribution in [-0.4, -0.2) is 42.0 Å². The van der Waals surface area contributed by atoms with Gasteiger partial charge in [0.15, 0.2) is 5.13 Å². The van der Waals surface area contributed by atoms with Gasteiger partial charge in [0, 0.05) is 32.1 Å². The van der Waals surface area contributed by atoms with E-state index < -0.39 is 0 Å². The van der Waals surface area contributed by atoms with E-state index in [2.05, 4.69) is 42.7 Å². The topological polar surface area (TPSA) is 36.4 Å².